The van der Waals surface area contributed by atoms with Crippen molar-refractivity contribution in [2.24, 2.45) is 5.92 Å². The fourth-order valence-corrected chi connectivity index (χ4v) is 1.78. The summed E-state index contributed by atoms with van der Waals surface area (Å²) in [5.74, 6) is -4.44. The zero-order valence-electron chi connectivity index (χ0n) is 12.0. The van der Waals surface area contributed by atoms with Crippen molar-refractivity contribution >= 4 is 17.9 Å². The van der Waals surface area contributed by atoms with Crippen LogP contribution in [0.3, 0.4) is 0 Å². The minimum atomic E-state index is -1.63. The molecule has 0 radical (unpaired) electrons. The number of hydrogen-bond donors (Lipinski definition) is 1. The van der Waals surface area contributed by atoms with E-state index in [2.05, 4.69) is 0 Å². The Morgan fingerprint density at radius 3 is 1.78 bits per heavy atom. The van der Waals surface area contributed by atoms with E-state index in [0.29, 0.717) is 0 Å². The minimum absolute atomic E-state index is 0.208. The molecule has 2 rings (SSSR count). The van der Waals surface area contributed by atoms with Gasteiger partial charge >= 0.3 is 17.9 Å². The molecule has 1 atom stereocenters. The van der Waals surface area contributed by atoms with Crippen LogP contribution in [-0.4, -0.2) is 23.0 Å². The molecule has 0 spiro atoms. The molecule has 0 saturated carbocycles. The lowest BCUT2D eigenvalue weighted by molar-refractivity contribution is -0.157. The molecule has 0 aliphatic carbocycles. The van der Waals surface area contributed by atoms with Gasteiger partial charge in [0, 0.05) is 0 Å². The third kappa shape index (κ3) is 4.96. The lowest BCUT2D eigenvalue weighted by atomic mass is 10.1. The zero-order valence-corrected chi connectivity index (χ0v) is 12.0. The maximum atomic E-state index is 11.9. The van der Waals surface area contributed by atoms with Gasteiger partial charge in [0.05, 0.1) is 6.42 Å². The molecule has 0 heterocycles. The van der Waals surface area contributed by atoms with Crippen molar-refractivity contribution in [3.05, 3.63) is 60.7 Å². The van der Waals surface area contributed by atoms with Gasteiger partial charge in [-0.15, -0.1) is 0 Å². The number of hydrogen-bond acceptors (Lipinski definition) is 5. The van der Waals surface area contributed by atoms with Crippen molar-refractivity contribution < 1.29 is 29.0 Å². The summed E-state index contributed by atoms with van der Waals surface area (Å²) in [7, 11) is 0. The third-order valence-electron chi connectivity index (χ3n) is 2.89. The van der Waals surface area contributed by atoms with Crippen LogP contribution in [0.4, 0.5) is 0 Å². The highest BCUT2D eigenvalue weighted by molar-refractivity contribution is 5.98. The Balaban J connectivity index is 1.99. The molecule has 2 aromatic carbocycles. The fourth-order valence-electron chi connectivity index (χ4n) is 1.78. The van der Waals surface area contributed by atoms with Crippen LogP contribution in [-0.2, 0) is 14.4 Å². The first-order chi connectivity index (χ1) is 11.1. The monoisotopic (exact) mass is 314 g/mol. The van der Waals surface area contributed by atoms with Crippen molar-refractivity contribution in [1.82, 2.24) is 0 Å². The van der Waals surface area contributed by atoms with Gasteiger partial charge in [-0.1, -0.05) is 36.4 Å². The summed E-state index contributed by atoms with van der Waals surface area (Å²) in [5.41, 5.74) is 0. The lowest BCUT2D eigenvalue weighted by Gasteiger charge is -2.11. The minimum Gasteiger partial charge on any atom is -0.481 e. The highest BCUT2D eigenvalue weighted by atomic mass is 16.5. The largest absolute Gasteiger partial charge is 0.481 e. The van der Waals surface area contributed by atoms with Gasteiger partial charge in [0.15, 0.2) is 5.92 Å². The van der Waals surface area contributed by atoms with Gasteiger partial charge in [-0.05, 0) is 24.3 Å². The van der Waals surface area contributed by atoms with Gasteiger partial charge in [0.2, 0.25) is 0 Å². The number of esters is 2. The van der Waals surface area contributed by atoms with Crippen molar-refractivity contribution in [2.45, 2.75) is 6.42 Å². The molecule has 1 N–H and O–H groups in total. The Kier molecular flexibility index (Phi) is 5.46. The van der Waals surface area contributed by atoms with E-state index in [1.54, 1.807) is 48.5 Å². The maximum Gasteiger partial charge on any atom is 0.326 e. The number of benzene rings is 2. The number of para-hydroxylation sites is 2. The van der Waals surface area contributed by atoms with Gasteiger partial charge in [0.1, 0.15) is 11.5 Å². The summed E-state index contributed by atoms with van der Waals surface area (Å²) in [5, 5.41) is 9.13. The number of rotatable bonds is 6. The predicted molar refractivity (Wildman–Crippen MR) is 79.9 cm³/mol. The smallest absolute Gasteiger partial charge is 0.326 e. The number of carbonyl (C=O) groups is 3. The van der Waals surface area contributed by atoms with E-state index in [-0.39, 0.29) is 11.5 Å². The van der Waals surface area contributed by atoms with Crippen LogP contribution in [0.15, 0.2) is 60.7 Å². The number of carbonyl (C=O) groups excluding carboxylic acids is 2. The Bertz CT molecular complexity index is 681. The summed E-state index contributed by atoms with van der Waals surface area (Å²) in [6, 6.07) is 16.2. The number of ether oxygens (including phenoxy) is 2. The second-order valence-electron chi connectivity index (χ2n) is 4.62. The highest BCUT2D eigenvalue weighted by Crippen LogP contribution is 2.16. The van der Waals surface area contributed by atoms with E-state index in [1.165, 1.54) is 12.1 Å². The molecule has 0 bridgehead atoms. The Labute approximate surface area is 132 Å². The normalized spacial score (nSPS) is 11.3. The molecular formula is C17H14O6. The first-order valence-corrected chi connectivity index (χ1v) is 6.81. The van der Waals surface area contributed by atoms with Crippen LogP contribution >= 0.6 is 0 Å². The van der Waals surface area contributed by atoms with Gasteiger partial charge in [0.25, 0.3) is 0 Å². The quantitative estimate of drug-likeness (QED) is 0.500. The summed E-state index contributed by atoms with van der Waals surface area (Å²) in [6.07, 6.45) is -0.615. The molecule has 0 saturated heterocycles. The molecule has 118 valence electrons. The molecule has 2 aromatic rings. The molecule has 6 nitrogen and oxygen atoms in total. The van der Waals surface area contributed by atoms with E-state index in [1.807, 2.05) is 0 Å². The average molecular weight is 314 g/mol. The topological polar surface area (TPSA) is 89.9 Å². The lowest BCUT2D eigenvalue weighted by Crippen LogP contribution is -2.31. The van der Waals surface area contributed by atoms with Crippen LogP contribution < -0.4 is 9.47 Å². The van der Waals surface area contributed by atoms with Crippen LogP contribution in [0.2, 0.25) is 0 Å². The number of carboxylic acid groups (broad SMARTS) is 1. The molecule has 0 aliphatic rings. The average Bonchev–Trinajstić information content (AvgIpc) is 2.54. The van der Waals surface area contributed by atoms with Gasteiger partial charge in [-0.2, -0.15) is 0 Å². The zero-order chi connectivity index (χ0) is 16.7. The van der Waals surface area contributed by atoms with E-state index in [9.17, 15) is 14.4 Å². The van der Waals surface area contributed by atoms with Crippen LogP contribution in [0.1, 0.15) is 6.42 Å². The first kappa shape index (κ1) is 16.2. The van der Waals surface area contributed by atoms with Gasteiger partial charge < -0.3 is 14.6 Å². The summed E-state index contributed by atoms with van der Waals surface area (Å²) in [6.45, 7) is 0. The maximum absolute atomic E-state index is 11.9. The molecule has 0 fully saturated rings. The van der Waals surface area contributed by atoms with Crippen molar-refractivity contribution in [3.63, 3.8) is 0 Å². The van der Waals surface area contributed by atoms with Crippen molar-refractivity contribution in [1.29, 1.82) is 0 Å². The number of carboxylic acids is 1. The Morgan fingerprint density at radius 2 is 1.30 bits per heavy atom. The second-order valence-corrected chi connectivity index (χ2v) is 4.62. The summed E-state index contributed by atoms with van der Waals surface area (Å²) < 4.78 is 9.95. The first-order valence-electron chi connectivity index (χ1n) is 6.81. The molecule has 0 aromatic heterocycles. The molecular weight excluding hydrogens is 300 g/mol. The Morgan fingerprint density at radius 1 is 0.826 bits per heavy atom. The predicted octanol–water partition coefficient (Wildman–Crippen LogP) is 2.29. The Hall–Kier alpha value is -3.15. The molecule has 0 aliphatic heterocycles. The van der Waals surface area contributed by atoms with Crippen molar-refractivity contribution in [3.8, 4) is 11.5 Å². The third-order valence-corrected chi connectivity index (χ3v) is 2.89. The van der Waals surface area contributed by atoms with Crippen LogP contribution in [0, 0.1) is 5.92 Å². The standard InChI is InChI=1S/C17H14O6/c18-15(22-12-7-3-1-4-8-12)11-14(16(19)20)17(21)23-13-9-5-2-6-10-13/h1-10,14H,11H2,(H,19,20)/t14-/m0/s1. The second kappa shape index (κ2) is 7.74. The number of aliphatic carboxylic acids is 1. The van der Waals surface area contributed by atoms with E-state index >= 15 is 0 Å². The van der Waals surface area contributed by atoms with E-state index in [0.717, 1.165) is 0 Å². The van der Waals surface area contributed by atoms with Gasteiger partial charge in [-0.3, -0.25) is 14.4 Å². The summed E-state index contributed by atoms with van der Waals surface area (Å²) >= 11 is 0. The van der Waals surface area contributed by atoms with E-state index in [4.69, 9.17) is 14.6 Å². The van der Waals surface area contributed by atoms with E-state index < -0.39 is 30.2 Å². The van der Waals surface area contributed by atoms with Crippen LogP contribution in [0.5, 0.6) is 11.5 Å². The SMILES string of the molecule is O=C(C[C@@H](C(=O)O)C(=O)Oc1ccccc1)Oc1ccccc1. The molecule has 0 unspecified atom stereocenters. The fraction of sp³-hybridized carbons (Fsp3) is 0.118. The van der Waals surface area contributed by atoms with Crippen molar-refractivity contribution in [2.75, 3.05) is 0 Å². The molecule has 6 heteroatoms. The molecule has 0 amide bonds. The van der Waals surface area contributed by atoms with Crippen LogP contribution in [0.25, 0.3) is 0 Å². The summed E-state index contributed by atoms with van der Waals surface area (Å²) in [4.78, 5) is 34.9. The highest BCUT2D eigenvalue weighted by Gasteiger charge is 2.32. The molecule has 23 heavy (non-hydrogen) atoms. The van der Waals surface area contributed by atoms with Gasteiger partial charge in [-0.25, -0.2) is 0 Å².